The largest absolute Gasteiger partial charge is 0.481 e. The van der Waals surface area contributed by atoms with Crippen LogP contribution in [0.1, 0.15) is 12.8 Å². The number of rotatable bonds is 3. The first-order chi connectivity index (χ1) is 5.79. The Morgan fingerprint density at radius 2 is 2.42 bits per heavy atom. The number of allylic oxidation sites excluding steroid dienone is 3. The van der Waals surface area contributed by atoms with Crippen molar-refractivity contribution in [1.82, 2.24) is 0 Å². The van der Waals surface area contributed by atoms with Crippen molar-refractivity contribution in [3.63, 3.8) is 0 Å². The van der Waals surface area contributed by atoms with Crippen molar-refractivity contribution < 1.29 is 9.90 Å². The molecule has 1 aliphatic heterocycles. The average molecular weight is 165 g/mol. The molecule has 1 N–H and O–H groups in total. The summed E-state index contributed by atoms with van der Waals surface area (Å²) in [4.78, 5) is 14.4. The van der Waals surface area contributed by atoms with Crippen molar-refractivity contribution in [2.24, 2.45) is 4.99 Å². The fourth-order valence-corrected chi connectivity index (χ4v) is 0.926. The van der Waals surface area contributed by atoms with Gasteiger partial charge in [-0.2, -0.15) is 0 Å². The van der Waals surface area contributed by atoms with Gasteiger partial charge < -0.3 is 5.11 Å². The number of aliphatic imine (C=N–C) groups is 1. The molecule has 0 aromatic heterocycles. The Labute approximate surface area is 71.1 Å². The number of hydrogen-bond acceptors (Lipinski definition) is 2. The molecule has 12 heavy (non-hydrogen) atoms. The van der Waals surface area contributed by atoms with Gasteiger partial charge in [0.05, 0.1) is 13.0 Å². The molecular weight excluding hydrogens is 154 g/mol. The van der Waals surface area contributed by atoms with Gasteiger partial charge in [-0.05, 0) is 12.5 Å². The second-order valence-electron chi connectivity index (χ2n) is 2.51. The Morgan fingerprint density at radius 1 is 1.58 bits per heavy atom. The van der Waals surface area contributed by atoms with E-state index in [4.69, 9.17) is 5.11 Å². The van der Waals surface area contributed by atoms with Gasteiger partial charge in [-0.15, -0.1) is 0 Å². The maximum absolute atomic E-state index is 10.2. The molecule has 0 unspecified atom stereocenters. The van der Waals surface area contributed by atoms with Crippen molar-refractivity contribution in [2.75, 3.05) is 6.54 Å². The Bertz CT molecular complexity index is 251. The van der Waals surface area contributed by atoms with Crippen molar-refractivity contribution in [1.29, 1.82) is 0 Å². The number of aliphatic carboxylic acids is 1. The first-order valence-electron chi connectivity index (χ1n) is 3.87. The summed E-state index contributed by atoms with van der Waals surface area (Å²) in [6, 6.07) is 0. The van der Waals surface area contributed by atoms with E-state index in [1.165, 1.54) is 0 Å². The van der Waals surface area contributed by atoms with Crippen LogP contribution in [0.25, 0.3) is 0 Å². The first kappa shape index (κ1) is 8.71. The monoisotopic (exact) mass is 165 g/mol. The molecule has 3 nitrogen and oxygen atoms in total. The number of hydrogen-bond donors (Lipinski definition) is 1. The Balaban J connectivity index is 2.42. The maximum Gasteiger partial charge on any atom is 0.303 e. The number of nitrogens with zero attached hydrogens (tertiary/aromatic N) is 1. The third-order valence-corrected chi connectivity index (χ3v) is 1.53. The van der Waals surface area contributed by atoms with E-state index >= 15 is 0 Å². The lowest BCUT2D eigenvalue weighted by molar-refractivity contribution is -0.136. The molecule has 1 rings (SSSR count). The fraction of sp³-hybridized carbons (Fsp3) is 0.333. The summed E-state index contributed by atoms with van der Waals surface area (Å²) in [5.74, 6) is -0.775. The van der Waals surface area contributed by atoms with E-state index in [1.807, 2.05) is 24.3 Å². The van der Waals surface area contributed by atoms with Crippen LogP contribution in [0, 0.1) is 0 Å². The third-order valence-electron chi connectivity index (χ3n) is 1.53. The molecule has 0 bridgehead atoms. The summed E-state index contributed by atoms with van der Waals surface area (Å²) < 4.78 is 0. The SMILES string of the molecule is O=C(O)CCC1=NCC=CC=C1. The van der Waals surface area contributed by atoms with Crippen LogP contribution in [-0.4, -0.2) is 23.3 Å². The zero-order valence-corrected chi connectivity index (χ0v) is 6.73. The molecule has 3 heteroatoms. The van der Waals surface area contributed by atoms with Crippen LogP contribution in [0.5, 0.6) is 0 Å². The van der Waals surface area contributed by atoms with Crippen LogP contribution in [-0.2, 0) is 4.79 Å². The fourth-order valence-electron chi connectivity index (χ4n) is 0.926. The molecule has 0 spiro atoms. The molecule has 1 heterocycles. The summed E-state index contributed by atoms with van der Waals surface area (Å²) in [5, 5.41) is 8.42. The molecule has 0 amide bonds. The van der Waals surface area contributed by atoms with E-state index in [1.54, 1.807) is 0 Å². The minimum atomic E-state index is -0.775. The van der Waals surface area contributed by atoms with Gasteiger partial charge in [0.1, 0.15) is 0 Å². The van der Waals surface area contributed by atoms with Gasteiger partial charge in [-0.25, -0.2) is 0 Å². The smallest absolute Gasteiger partial charge is 0.303 e. The van der Waals surface area contributed by atoms with E-state index in [-0.39, 0.29) is 6.42 Å². The Morgan fingerprint density at radius 3 is 3.17 bits per heavy atom. The average Bonchev–Trinajstić information content (AvgIpc) is 2.28. The number of carbonyl (C=O) groups is 1. The predicted molar refractivity (Wildman–Crippen MR) is 47.5 cm³/mol. The van der Waals surface area contributed by atoms with Crippen LogP contribution in [0.4, 0.5) is 0 Å². The number of carboxylic acid groups (broad SMARTS) is 1. The second-order valence-corrected chi connectivity index (χ2v) is 2.51. The standard InChI is InChI=1S/C9H11NO2/c11-9(12)6-5-8-4-2-1-3-7-10-8/h1-4H,5-7H2,(H,11,12). The molecule has 64 valence electrons. The second kappa shape index (κ2) is 4.49. The van der Waals surface area contributed by atoms with Crippen molar-refractivity contribution in [3.05, 3.63) is 24.3 Å². The van der Waals surface area contributed by atoms with E-state index in [0.29, 0.717) is 13.0 Å². The van der Waals surface area contributed by atoms with Crippen LogP contribution < -0.4 is 0 Å². The highest BCUT2D eigenvalue weighted by Crippen LogP contribution is 1.99. The lowest BCUT2D eigenvalue weighted by Gasteiger charge is -1.95. The van der Waals surface area contributed by atoms with Crippen LogP contribution >= 0.6 is 0 Å². The molecule has 1 aliphatic rings. The Hall–Kier alpha value is -1.38. The summed E-state index contributed by atoms with van der Waals surface area (Å²) >= 11 is 0. The maximum atomic E-state index is 10.2. The van der Waals surface area contributed by atoms with Crippen molar-refractivity contribution in [2.45, 2.75) is 12.8 Å². The normalized spacial score (nSPS) is 15.5. The van der Waals surface area contributed by atoms with Gasteiger partial charge in [-0.1, -0.05) is 18.2 Å². The minimum Gasteiger partial charge on any atom is -0.481 e. The van der Waals surface area contributed by atoms with Gasteiger partial charge in [0.2, 0.25) is 0 Å². The lowest BCUT2D eigenvalue weighted by Crippen LogP contribution is -2.01. The van der Waals surface area contributed by atoms with Crippen LogP contribution in [0.2, 0.25) is 0 Å². The van der Waals surface area contributed by atoms with Gasteiger partial charge >= 0.3 is 5.97 Å². The van der Waals surface area contributed by atoms with E-state index < -0.39 is 5.97 Å². The molecule has 0 radical (unpaired) electrons. The van der Waals surface area contributed by atoms with Gasteiger partial charge in [0.25, 0.3) is 0 Å². The van der Waals surface area contributed by atoms with Gasteiger partial charge in [0, 0.05) is 5.71 Å². The molecule has 0 saturated heterocycles. The molecule has 0 aliphatic carbocycles. The summed E-state index contributed by atoms with van der Waals surface area (Å²) in [6.45, 7) is 0.655. The van der Waals surface area contributed by atoms with Crippen LogP contribution in [0.3, 0.4) is 0 Å². The lowest BCUT2D eigenvalue weighted by atomic mass is 10.2. The summed E-state index contributed by atoms with van der Waals surface area (Å²) in [7, 11) is 0. The number of carboxylic acids is 1. The Kier molecular flexibility index (Phi) is 3.26. The highest BCUT2D eigenvalue weighted by molar-refractivity contribution is 5.96. The molecule has 0 fully saturated rings. The van der Waals surface area contributed by atoms with Crippen molar-refractivity contribution >= 4 is 11.7 Å². The molecule has 0 aromatic rings. The topological polar surface area (TPSA) is 49.7 Å². The van der Waals surface area contributed by atoms with E-state index in [2.05, 4.69) is 4.99 Å². The highest BCUT2D eigenvalue weighted by Gasteiger charge is 2.00. The summed E-state index contributed by atoms with van der Waals surface area (Å²) in [5.41, 5.74) is 0.863. The minimum absolute atomic E-state index is 0.156. The quantitative estimate of drug-likeness (QED) is 0.687. The van der Waals surface area contributed by atoms with E-state index in [9.17, 15) is 4.79 Å². The molecule has 0 atom stereocenters. The van der Waals surface area contributed by atoms with Crippen molar-refractivity contribution in [3.8, 4) is 0 Å². The first-order valence-corrected chi connectivity index (χ1v) is 3.87. The molecule has 0 aromatic carbocycles. The zero-order chi connectivity index (χ0) is 8.81. The van der Waals surface area contributed by atoms with E-state index in [0.717, 1.165) is 5.71 Å². The van der Waals surface area contributed by atoms with Gasteiger partial charge in [-0.3, -0.25) is 9.79 Å². The highest BCUT2D eigenvalue weighted by atomic mass is 16.4. The summed E-state index contributed by atoms with van der Waals surface area (Å²) in [6.07, 6.45) is 8.26. The van der Waals surface area contributed by atoms with Gasteiger partial charge in [0.15, 0.2) is 0 Å². The molecular formula is C9H11NO2. The zero-order valence-electron chi connectivity index (χ0n) is 6.73. The van der Waals surface area contributed by atoms with Crippen LogP contribution in [0.15, 0.2) is 29.3 Å². The third kappa shape index (κ3) is 3.14. The molecule has 0 saturated carbocycles. The predicted octanol–water partition coefficient (Wildman–Crippen LogP) is 1.42.